The summed E-state index contributed by atoms with van der Waals surface area (Å²) < 4.78 is 39.5. The smallest absolute Gasteiger partial charge is 0.339 e. The zero-order valence-corrected chi connectivity index (χ0v) is 17.8. The summed E-state index contributed by atoms with van der Waals surface area (Å²) in [5.41, 5.74) is 0.409. The third-order valence-corrected chi connectivity index (χ3v) is 5.76. The molecule has 0 aliphatic carbocycles. The molecule has 0 spiro atoms. The second-order valence-corrected chi connectivity index (χ2v) is 7.90. The summed E-state index contributed by atoms with van der Waals surface area (Å²) in [6.45, 7) is 1.87. The number of carbonyl (C=O) groups is 1. The molecule has 1 aliphatic heterocycles. The molecular formula is C23H19F3N6O2. The first kappa shape index (κ1) is 21.7. The average Bonchev–Trinajstić information content (AvgIpc) is 3.35. The Morgan fingerprint density at radius 2 is 1.68 bits per heavy atom. The number of hydrogen-bond acceptors (Lipinski definition) is 5. The molecule has 0 atom stereocenters. The Kier molecular flexibility index (Phi) is 5.31. The molecule has 174 valence electrons. The quantitative estimate of drug-likeness (QED) is 0.500. The van der Waals surface area contributed by atoms with Crippen LogP contribution in [0.15, 0.2) is 65.7 Å². The summed E-state index contributed by atoms with van der Waals surface area (Å²) in [6, 6.07) is 13.4. The number of H-pyrrole nitrogens is 1. The Morgan fingerprint density at radius 3 is 2.35 bits per heavy atom. The van der Waals surface area contributed by atoms with Crippen LogP contribution in [0.5, 0.6) is 0 Å². The van der Waals surface area contributed by atoms with Gasteiger partial charge in [-0.1, -0.05) is 12.1 Å². The number of halogens is 3. The van der Waals surface area contributed by atoms with Crippen molar-refractivity contribution in [2.45, 2.75) is 6.18 Å². The highest BCUT2D eigenvalue weighted by molar-refractivity contribution is 5.94. The third-order valence-electron chi connectivity index (χ3n) is 5.76. The number of aromatic amines is 1. The highest BCUT2D eigenvalue weighted by Crippen LogP contribution is 2.29. The summed E-state index contributed by atoms with van der Waals surface area (Å²) in [4.78, 5) is 36.2. The topological polar surface area (TPSA) is 87.1 Å². The molecule has 0 saturated carbocycles. The van der Waals surface area contributed by atoms with Crippen LogP contribution in [0.4, 0.5) is 19.1 Å². The van der Waals surface area contributed by atoms with Crippen molar-refractivity contribution in [3.05, 3.63) is 82.4 Å². The van der Waals surface area contributed by atoms with Gasteiger partial charge in [-0.15, -0.1) is 0 Å². The van der Waals surface area contributed by atoms with Crippen LogP contribution < -0.4 is 10.5 Å². The predicted octanol–water partition coefficient (Wildman–Crippen LogP) is 3.09. The van der Waals surface area contributed by atoms with E-state index in [0.29, 0.717) is 54.3 Å². The summed E-state index contributed by atoms with van der Waals surface area (Å²) in [5.74, 6) is 0.292. The van der Waals surface area contributed by atoms with E-state index in [2.05, 4.69) is 15.1 Å². The van der Waals surface area contributed by atoms with Gasteiger partial charge in [0, 0.05) is 37.9 Å². The molecule has 1 aliphatic rings. The molecule has 1 fully saturated rings. The van der Waals surface area contributed by atoms with Gasteiger partial charge in [0.25, 0.3) is 11.5 Å². The van der Waals surface area contributed by atoms with Crippen molar-refractivity contribution >= 4 is 22.8 Å². The van der Waals surface area contributed by atoms with Gasteiger partial charge in [-0.25, -0.2) is 9.67 Å². The van der Waals surface area contributed by atoms with Gasteiger partial charge in [-0.3, -0.25) is 14.6 Å². The van der Waals surface area contributed by atoms with Crippen LogP contribution in [-0.2, 0) is 6.18 Å². The lowest BCUT2D eigenvalue weighted by molar-refractivity contribution is -0.137. The van der Waals surface area contributed by atoms with Gasteiger partial charge in [-0.2, -0.15) is 18.3 Å². The number of aromatic nitrogens is 4. The molecule has 0 bridgehead atoms. The number of piperazine rings is 1. The van der Waals surface area contributed by atoms with Gasteiger partial charge >= 0.3 is 6.18 Å². The fourth-order valence-electron chi connectivity index (χ4n) is 3.89. The summed E-state index contributed by atoms with van der Waals surface area (Å²) in [7, 11) is 0. The number of nitrogens with one attached hydrogen (secondary N) is 1. The van der Waals surface area contributed by atoms with Crippen LogP contribution in [0.1, 0.15) is 15.9 Å². The number of amides is 1. The average molecular weight is 468 g/mol. The number of alkyl halides is 3. The first-order valence-electron chi connectivity index (χ1n) is 10.6. The standard InChI is InChI=1S/C23H19F3N6O2/c24-23(25,26)16-13-27-32(14-16)17-7-5-15(6-8-17)21(34)30-9-11-31(12-10-30)22-28-19-4-2-1-3-18(19)20(33)29-22/h1-8,13-14H,9-12H2,(H,28,29,33). The molecular weight excluding hydrogens is 449 g/mol. The Hall–Kier alpha value is -4.15. The van der Waals surface area contributed by atoms with E-state index >= 15 is 0 Å². The normalized spacial score (nSPS) is 14.6. The number of carbonyl (C=O) groups excluding carboxylic acids is 1. The van der Waals surface area contributed by atoms with Crippen LogP contribution >= 0.6 is 0 Å². The number of para-hydroxylation sites is 1. The number of fused-ring (bicyclic) bond motifs is 1. The van der Waals surface area contributed by atoms with Gasteiger partial charge in [-0.05, 0) is 36.4 Å². The van der Waals surface area contributed by atoms with E-state index < -0.39 is 11.7 Å². The van der Waals surface area contributed by atoms with Gasteiger partial charge in [0.1, 0.15) is 0 Å². The van der Waals surface area contributed by atoms with Crippen LogP contribution in [0.2, 0.25) is 0 Å². The number of rotatable bonds is 3. The largest absolute Gasteiger partial charge is 0.419 e. The number of nitrogens with zero attached hydrogens (tertiary/aromatic N) is 5. The molecule has 2 aromatic carbocycles. The lowest BCUT2D eigenvalue weighted by Gasteiger charge is -2.35. The minimum atomic E-state index is -4.47. The van der Waals surface area contributed by atoms with Crippen molar-refractivity contribution in [3.63, 3.8) is 0 Å². The maximum Gasteiger partial charge on any atom is 0.419 e. The molecule has 0 unspecified atom stereocenters. The van der Waals surface area contributed by atoms with Crippen molar-refractivity contribution in [2.75, 3.05) is 31.1 Å². The Bertz CT molecular complexity index is 1400. The lowest BCUT2D eigenvalue weighted by atomic mass is 10.1. The zero-order chi connectivity index (χ0) is 23.9. The Labute approximate surface area is 191 Å². The van der Waals surface area contributed by atoms with E-state index in [1.165, 1.54) is 0 Å². The Balaban J connectivity index is 1.25. The first-order chi connectivity index (χ1) is 16.3. The number of benzene rings is 2. The van der Waals surface area contributed by atoms with Gasteiger partial charge in [0.2, 0.25) is 5.95 Å². The molecule has 0 radical (unpaired) electrons. The lowest BCUT2D eigenvalue weighted by Crippen LogP contribution is -2.49. The van der Waals surface area contributed by atoms with Crippen molar-refractivity contribution in [3.8, 4) is 5.69 Å². The van der Waals surface area contributed by atoms with E-state index in [0.717, 1.165) is 17.1 Å². The second kappa shape index (κ2) is 8.32. The molecule has 1 amide bonds. The summed E-state index contributed by atoms with van der Waals surface area (Å²) in [5, 5.41) is 4.27. The maximum absolute atomic E-state index is 12.9. The van der Waals surface area contributed by atoms with Crippen LogP contribution in [0, 0.1) is 0 Å². The monoisotopic (exact) mass is 468 g/mol. The molecule has 5 rings (SSSR count). The summed E-state index contributed by atoms with van der Waals surface area (Å²) in [6.07, 6.45) is -2.80. The van der Waals surface area contributed by atoms with Crippen LogP contribution in [0.3, 0.4) is 0 Å². The highest BCUT2D eigenvalue weighted by atomic mass is 19.4. The van der Waals surface area contributed by atoms with Crippen molar-refractivity contribution in [2.24, 2.45) is 0 Å². The second-order valence-electron chi connectivity index (χ2n) is 7.90. The molecule has 34 heavy (non-hydrogen) atoms. The predicted molar refractivity (Wildman–Crippen MR) is 119 cm³/mol. The minimum absolute atomic E-state index is 0.178. The fourth-order valence-corrected chi connectivity index (χ4v) is 3.89. The van der Waals surface area contributed by atoms with Crippen molar-refractivity contribution in [1.82, 2.24) is 24.6 Å². The van der Waals surface area contributed by atoms with E-state index in [1.807, 2.05) is 11.0 Å². The first-order valence-corrected chi connectivity index (χ1v) is 10.6. The molecule has 2 aromatic heterocycles. The number of anilines is 1. The van der Waals surface area contributed by atoms with Crippen molar-refractivity contribution < 1.29 is 18.0 Å². The van der Waals surface area contributed by atoms with Crippen molar-refractivity contribution in [1.29, 1.82) is 0 Å². The minimum Gasteiger partial charge on any atom is -0.339 e. The van der Waals surface area contributed by atoms with E-state index in [9.17, 15) is 22.8 Å². The SMILES string of the molecule is O=C(c1ccc(-n2cc(C(F)(F)F)cn2)cc1)N1CCN(c2nc3ccccc3c(=O)[nH]2)CC1. The molecule has 4 aromatic rings. The van der Waals surface area contributed by atoms with Crippen LogP contribution in [0.25, 0.3) is 16.6 Å². The Morgan fingerprint density at radius 1 is 0.971 bits per heavy atom. The highest BCUT2D eigenvalue weighted by Gasteiger charge is 2.32. The fraction of sp³-hybridized carbons (Fsp3) is 0.217. The van der Waals surface area contributed by atoms with E-state index in [-0.39, 0.29) is 11.5 Å². The van der Waals surface area contributed by atoms with Crippen LogP contribution in [-0.4, -0.2) is 56.7 Å². The molecule has 3 heterocycles. The third kappa shape index (κ3) is 4.12. The number of hydrogen-bond donors (Lipinski definition) is 1. The molecule has 8 nitrogen and oxygen atoms in total. The van der Waals surface area contributed by atoms with Gasteiger partial charge < -0.3 is 9.80 Å². The molecule has 11 heteroatoms. The molecule has 1 saturated heterocycles. The van der Waals surface area contributed by atoms with Gasteiger partial charge in [0.15, 0.2) is 0 Å². The van der Waals surface area contributed by atoms with Gasteiger partial charge in [0.05, 0.1) is 28.4 Å². The summed E-state index contributed by atoms with van der Waals surface area (Å²) >= 11 is 0. The zero-order valence-electron chi connectivity index (χ0n) is 17.8. The molecule has 1 N–H and O–H groups in total. The van der Waals surface area contributed by atoms with E-state index in [1.54, 1.807) is 47.4 Å². The maximum atomic E-state index is 12.9. The van der Waals surface area contributed by atoms with E-state index in [4.69, 9.17) is 0 Å².